The minimum absolute atomic E-state index is 0.00200. The monoisotopic (exact) mass is 400 g/mol. The Morgan fingerprint density at radius 3 is 2.56 bits per heavy atom. The minimum Gasteiger partial charge on any atom is -0.408 e. The van der Waals surface area contributed by atoms with Gasteiger partial charge in [-0.25, -0.2) is 17.9 Å². The van der Waals surface area contributed by atoms with Crippen molar-refractivity contribution in [3.8, 4) is 0 Å². The molecule has 9 heteroatoms. The molecule has 0 atom stereocenters. The number of hydrogen-bond acceptors (Lipinski definition) is 4. The van der Waals surface area contributed by atoms with Crippen LogP contribution < -0.4 is 10.5 Å². The highest BCUT2D eigenvalue weighted by Gasteiger charge is 2.21. The van der Waals surface area contributed by atoms with Crippen molar-refractivity contribution in [2.75, 3.05) is 0 Å². The van der Waals surface area contributed by atoms with Gasteiger partial charge in [-0.3, -0.25) is 4.57 Å². The van der Waals surface area contributed by atoms with Gasteiger partial charge in [-0.1, -0.05) is 41.4 Å². The van der Waals surface area contributed by atoms with Gasteiger partial charge >= 0.3 is 5.76 Å². The molecule has 0 bridgehead atoms. The minimum atomic E-state index is -3.92. The Balaban J connectivity index is 1.98. The van der Waals surface area contributed by atoms with Crippen LogP contribution >= 0.6 is 23.2 Å². The standard InChI is InChI=1S/C16H14Cl2N2O4S/c1-2-20-13-7-12(18)15(8-14(13)24-16(20)21)25(22,23)19-9-10-5-3-4-6-11(10)17/h3-8,19H,2,9H2,1H3. The van der Waals surface area contributed by atoms with Crippen LogP contribution in [0.1, 0.15) is 12.5 Å². The van der Waals surface area contributed by atoms with Gasteiger partial charge in [-0.15, -0.1) is 0 Å². The van der Waals surface area contributed by atoms with Gasteiger partial charge in [-0.2, -0.15) is 0 Å². The molecule has 2 aromatic carbocycles. The number of rotatable bonds is 5. The van der Waals surface area contributed by atoms with E-state index in [0.29, 0.717) is 22.6 Å². The maximum Gasteiger partial charge on any atom is 0.419 e. The van der Waals surface area contributed by atoms with Crippen LogP contribution in [-0.4, -0.2) is 13.0 Å². The fourth-order valence-electron chi connectivity index (χ4n) is 2.46. The molecule has 25 heavy (non-hydrogen) atoms. The summed E-state index contributed by atoms with van der Waals surface area (Å²) in [5, 5.41) is 0.458. The first-order chi connectivity index (χ1) is 11.8. The van der Waals surface area contributed by atoms with Gasteiger partial charge in [-0.05, 0) is 24.6 Å². The van der Waals surface area contributed by atoms with Crippen molar-refractivity contribution in [3.63, 3.8) is 0 Å². The molecule has 0 amide bonds. The third-order valence-electron chi connectivity index (χ3n) is 3.74. The molecule has 0 spiro atoms. The summed E-state index contributed by atoms with van der Waals surface area (Å²) in [6, 6.07) is 9.57. The number of aryl methyl sites for hydroxylation is 1. The smallest absolute Gasteiger partial charge is 0.408 e. The molecule has 1 N–H and O–H groups in total. The second-order valence-electron chi connectivity index (χ2n) is 5.28. The van der Waals surface area contributed by atoms with E-state index in [1.54, 1.807) is 31.2 Å². The number of sulfonamides is 1. The molecular weight excluding hydrogens is 387 g/mol. The van der Waals surface area contributed by atoms with Gasteiger partial charge in [0.15, 0.2) is 5.58 Å². The molecule has 0 aliphatic heterocycles. The number of halogens is 2. The average molecular weight is 401 g/mol. The van der Waals surface area contributed by atoms with Crippen molar-refractivity contribution < 1.29 is 12.8 Å². The summed E-state index contributed by atoms with van der Waals surface area (Å²) in [5.41, 5.74) is 1.24. The average Bonchev–Trinajstić information content (AvgIpc) is 2.87. The Hall–Kier alpha value is -1.80. The van der Waals surface area contributed by atoms with Gasteiger partial charge in [0.1, 0.15) is 4.90 Å². The largest absolute Gasteiger partial charge is 0.419 e. The molecule has 0 radical (unpaired) electrons. The number of aromatic nitrogens is 1. The van der Waals surface area contributed by atoms with E-state index in [1.807, 2.05) is 0 Å². The summed E-state index contributed by atoms with van der Waals surface area (Å²) in [6.45, 7) is 2.18. The van der Waals surface area contributed by atoms with Crippen LogP contribution in [0.4, 0.5) is 0 Å². The van der Waals surface area contributed by atoms with Crippen LogP contribution in [0.3, 0.4) is 0 Å². The zero-order chi connectivity index (χ0) is 18.2. The lowest BCUT2D eigenvalue weighted by atomic mass is 10.2. The van der Waals surface area contributed by atoms with Crippen molar-refractivity contribution in [3.05, 3.63) is 62.6 Å². The molecule has 0 unspecified atom stereocenters. The van der Waals surface area contributed by atoms with Crippen molar-refractivity contribution in [2.24, 2.45) is 0 Å². The summed E-state index contributed by atoms with van der Waals surface area (Å²) >= 11 is 12.2. The van der Waals surface area contributed by atoms with E-state index < -0.39 is 15.8 Å². The molecule has 3 aromatic rings. The Kier molecular flexibility index (Phi) is 4.92. The van der Waals surface area contributed by atoms with Crippen LogP contribution in [0.2, 0.25) is 10.0 Å². The zero-order valence-corrected chi connectivity index (χ0v) is 15.5. The summed E-state index contributed by atoms with van der Waals surface area (Å²) in [4.78, 5) is 11.6. The molecule has 6 nitrogen and oxygen atoms in total. The quantitative estimate of drug-likeness (QED) is 0.711. The lowest BCUT2D eigenvalue weighted by Crippen LogP contribution is -2.23. The summed E-state index contributed by atoms with van der Waals surface area (Å²) in [7, 11) is -3.92. The van der Waals surface area contributed by atoms with Crippen molar-refractivity contribution in [1.29, 1.82) is 0 Å². The maximum atomic E-state index is 12.6. The first-order valence-electron chi connectivity index (χ1n) is 7.39. The molecule has 1 heterocycles. The topological polar surface area (TPSA) is 81.3 Å². The predicted octanol–water partition coefficient (Wildman–Crippen LogP) is 3.40. The molecule has 0 aliphatic rings. The van der Waals surface area contributed by atoms with Crippen LogP contribution in [0.15, 0.2) is 50.5 Å². The SMILES string of the molecule is CCn1c(=O)oc2cc(S(=O)(=O)NCc3ccccc3Cl)c(Cl)cc21. The van der Waals surface area contributed by atoms with Gasteiger partial charge in [0.2, 0.25) is 10.0 Å². The molecule has 3 rings (SSSR count). The van der Waals surface area contributed by atoms with E-state index in [9.17, 15) is 13.2 Å². The highest BCUT2D eigenvalue weighted by atomic mass is 35.5. The highest BCUT2D eigenvalue weighted by Crippen LogP contribution is 2.27. The molecule has 0 saturated carbocycles. The normalized spacial score (nSPS) is 12.0. The highest BCUT2D eigenvalue weighted by molar-refractivity contribution is 7.89. The summed E-state index contributed by atoms with van der Waals surface area (Å²) in [6.07, 6.45) is 0. The number of oxazole rings is 1. The Morgan fingerprint density at radius 2 is 1.88 bits per heavy atom. The van der Waals surface area contributed by atoms with E-state index in [0.717, 1.165) is 0 Å². The molecular formula is C16H14Cl2N2O4S. The van der Waals surface area contributed by atoms with Gasteiger partial charge in [0, 0.05) is 24.2 Å². The van der Waals surface area contributed by atoms with Gasteiger partial charge in [0.05, 0.1) is 10.5 Å². The van der Waals surface area contributed by atoms with Crippen molar-refractivity contribution >= 4 is 44.3 Å². The predicted molar refractivity (Wildman–Crippen MR) is 96.6 cm³/mol. The number of nitrogens with zero attached hydrogens (tertiary/aromatic N) is 1. The molecule has 132 valence electrons. The number of hydrogen-bond donors (Lipinski definition) is 1. The fourth-order valence-corrected chi connectivity index (χ4v) is 4.21. The van der Waals surface area contributed by atoms with Crippen molar-refractivity contribution in [2.45, 2.75) is 24.9 Å². The Bertz CT molecular complexity index is 1100. The molecule has 0 saturated heterocycles. The third kappa shape index (κ3) is 3.46. The molecule has 1 aromatic heterocycles. The van der Waals surface area contributed by atoms with Crippen molar-refractivity contribution in [1.82, 2.24) is 9.29 Å². The number of nitrogens with one attached hydrogen (secondary N) is 1. The van der Waals surface area contributed by atoms with E-state index in [-0.39, 0.29) is 22.0 Å². The van der Waals surface area contributed by atoms with E-state index in [1.165, 1.54) is 16.7 Å². The van der Waals surface area contributed by atoms with Gasteiger partial charge < -0.3 is 4.42 Å². The van der Waals surface area contributed by atoms with E-state index in [4.69, 9.17) is 27.6 Å². The van der Waals surface area contributed by atoms with Crippen LogP contribution in [0, 0.1) is 0 Å². The Morgan fingerprint density at radius 1 is 1.16 bits per heavy atom. The van der Waals surface area contributed by atoms with E-state index >= 15 is 0 Å². The summed E-state index contributed by atoms with van der Waals surface area (Å²) < 4.78 is 34.1. The number of fused-ring (bicyclic) bond motifs is 1. The lowest BCUT2D eigenvalue weighted by molar-refractivity contribution is 0.512. The first kappa shape index (κ1) is 18.0. The van der Waals surface area contributed by atoms with Gasteiger partial charge in [0.25, 0.3) is 0 Å². The summed E-state index contributed by atoms with van der Waals surface area (Å²) in [5.74, 6) is -0.563. The first-order valence-corrected chi connectivity index (χ1v) is 9.63. The third-order valence-corrected chi connectivity index (χ3v) is 5.97. The van der Waals surface area contributed by atoms with Crippen LogP contribution in [0.25, 0.3) is 11.1 Å². The maximum absolute atomic E-state index is 12.6. The van der Waals surface area contributed by atoms with Crippen LogP contribution in [0.5, 0.6) is 0 Å². The second-order valence-corrected chi connectivity index (χ2v) is 7.83. The van der Waals surface area contributed by atoms with E-state index in [2.05, 4.69) is 4.72 Å². The van der Waals surface area contributed by atoms with Crippen LogP contribution in [-0.2, 0) is 23.1 Å². The number of benzene rings is 2. The molecule has 0 fully saturated rings. The molecule has 0 aliphatic carbocycles. The lowest BCUT2D eigenvalue weighted by Gasteiger charge is -2.09. The fraction of sp³-hybridized carbons (Fsp3) is 0.188. The zero-order valence-electron chi connectivity index (χ0n) is 13.1. The second kappa shape index (κ2) is 6.84. The Labute approximate surface area is 154 Å².